The molecule has 9 heteroatoms. The number of esters is 1. The third-order valence-corrected chi connectivity index (χ3v) is 4.53. The van der Waals surface area contributed by atoms with Crippen LogP contribution in [0.25, 0.3) is 0 Å². The van der Waals surface area contributed by atoms with Crippen molar-refractivity contribution in [3.8, 4) is 0 Å². The van der Waals surface area contributed by atoms with Crippen molar-refractivity contribution in [3.05, 3.63) is 59.9 Å². The van der Waals surface area contributed by atoms with Crippen LogP contribution < -0.4 is 9.62 Å². The Labute approximate surface area is 150 Å². The molecule has 0 unspecified atom stereocenters. The maximum Gasteiger partial charge on any atom is 0.337 e. The molecule has 0 aliphatic carbocycles. The fourth-order valence-corrected chi connectivity index (χ4v) is 3.00. The van der Waals surface area contributed by atoms with Crippen LogP contribution in [0.1, 0.15) is 10.4 Å². The third kappa shape index (κ3) is 5.03. The van der Waals surface area contributed by atoms with Crippen molar-refractivity contribution in [2.45, 2.75) is 0 Å². The summed E-state index contributed by atoms with van der Waals surface area (Å²) < 4.78 is 42.4. The maximum atomic E-state index is 13.0. The van der Waals surface area contributed by atoms with Crippen LogP contribution in [0.5, 0.6) is 0 Å². The van der Waals surface area contributed by atoms with Crippen LogP contribution in [0, 0.1) is 5.82 Å². The van der Waals surface area contributed by atoms with E-state index >= 15 is 0 Å². The smallest absolute Gasteiger partial charge is 0.337 e. The van der Waals surface area contributed by atoms with Crippen LogP contribution in [-0.2, 0) is 19.6 Å². The third-order valence-electron chi connectivity index (χ3n) is 3.39. The molecule has 0 saturated carbocycles. The van der Waals surface area contributed by atoms with Crippen molar-refractivity contribution < 1.29 is 27.1 Å². The molecule has 0 radical (unpaired) electrons. The Hall–Kier alpha value is -2.94. The molecule has 1 N–H and O–H groups in total. The van der Waals surface area contributed by atoms with Gasteiger partial charge in [0.2, 0.25) is 15.9 Å². The zero-order valence-corrected chi connectivity index (χ0v) is 14.9. The quantitative estimate of drug-likeness (QED) is 0.774. The van der Waals surface area contributed by atoms with E-state index in [2.05, 4.69) is 10.1 Å². The molecule has 2 aromatic rings. The molecule has 138 valence electrons. The molecule has 1 amide bonds. The van der Waals surface area contributed by atoms with E-state index in [-0.39, 0.29) is 5.69 Å². The van der Waals surface area contributed by atoms with Crippen LogP contribution in [-0.4, -0.2) is 40.2 Å². The van der Waals surface area contributed by atoms with Crippen molar-refractivity contribution in [2.75, 3.05) is 29.5 Å². The van der Waals surface area contributed by atoms with Gasteiger partial charge in [-0.05, 0) is 48.5 Å². The summed E-state index contributed by atoms with van der Waals surface area (Å²) in [6, 6.07) is 10.7. The van der Waals surface area contributed by atoms with Crippen LogP contribution in [0.2, 0.25) is 0 Å². The summed E-state index contributed by atoms with van der Waals surface area (Å²) >= 11 is 0. The first-order chi connectivity index (χ1) is 12.2. The lowest BCUT2D eigenvalue weighted by molar-refractivity contribution is -0.114. The number of carbonyl (C=O) groups is 2. The Bertz CT molecular complexity index is 896. The van der Waals surface area contributed by atoms with Crippen molar-refractivity contribution >= 4 is 33.3 Å². The van der Waals surface area contributed by atoms with E-state index < -0.39 is 34.3 Å². The number of nitrogens with one attached hydrogen (secondary N) is 1. The van der Waals surface area contributed by atoms with Crippen LogP contribution in [0.3, 0.4) is 0 Å². The average Bonchev–Trinajstić information content (AvgIpc) is 2.59. The Morgan fingerprint density at radius 2 is 1.65 bits per heavy atom. The molecule has 0 aliphatic heterocycles. The van der Waals surface area contributed by atoms with E-state index in [0.717, 1.165) is 22.7 Å². The highest BCUT2D eigenvalue weighted by Gasteiger charge is 2.21. The number of carbonyl (C=O) groups excluding carboxylic acids is 2. The monoisotopic (exact) mass is 380 g/mol. The Balaban J connectivity index is 2.12. The molecular formula is C17H17FN2O5S. The summed E-state index contributed by atoms with van der Waals surface area (Å²) in [5.74, 6) is -1.62. The lowest BCUT2D eigenvalue weighted by atomic mass is 10.2. The first kappa shape index (κ1) is 19.4. The van der Waals surface area contributed by atoms with Gasteiger partial charge in [-0.2, -0.15) is 0 Å². The Kier molecular flexibility index (Phi) is 5.93. The minimum absolute atomic E-state index is 0.171. The Morgan fingerprint density at radius 3 is 2.15 bits per heavy atom. The summed E-state index contributed by atoms with van der Waals surface area (Å²) in [6.07, 6.45) is 0.953. The number of anilines is 2. The van der Waals surface area contributed by atoms with Crippen molar-refractivity contribution in [1.29, 1.82) is 0 Å². The normalized spacial score (nSPS) is 10.9. The summed E-state index contributed by atoms with van der Waals surface area (Å²) in [4.78, 5) is 23.6. The zero-order chi connectivity index (χ0) is 19.3. The van der Waals surface area contributed by atoms with E-state index in [4.69, 9.17) is 0 Å². The lowest BCUT2D eigenvalue weighted by Gasteiger charge is -2.21. The minimum atomic E-state index is -3.75. The van der Waals surface area contributed by atoms with Crippen molar-refractivity contribution in [2.24, 2.45) is 0 Å². The maximum absolute atomic E-state index is 13.0. The van der Waals surface area contributed by atoms with E-state index in [1.165, 1.54) is 43.5 Å². The van der Waals surface area contributed by atoms with Gasteiger partial charge in [0.05, 0.1) is 24.6 Å². The van der Waals surface area contributed by atoms with Gasteiger partial charge >= 0.3 is 5.97 Å². The summed E-state index contributed by atoms with van der Waals surface area (Å²) in [6.45, 7) is -0.483. The van der Waals surface area contributed by atoms with Gasteiger partial charge in [0.25, 0.3) is 0 Å². The Morgan fingerprint density at radius 1 is 1.08 bits per heavy atom. The van der Waals surface area contributed by atoms with Crippen LogP contribution >= 0.6 is 0 Å². The second-order valence-electron chi connectivity index (χ2n) is 5.36. The predicted octanol–water partition coefficient (Wildman–Crippen LogP) is 2.02. The molecular weight excluding hydrogens is 363 g/mol. The summed E-state index contributed by atoms with van der Waals surface area (Å²) in [7, 11) is -2.49. The zero-order valence-electron chi connectivity index (χ0n) is 14.1. The number of amides is 1. The van der Waals surface area contributed by atoms with Crippen molar-refractivity contribution in [3.63, 3.8) is 0 Å². The van der Waals surface area contributed by atoms with Gasteiger partial charge in [-0.3, -0.25) is 9.10 Å². The number of rotatable bonds is 6. The SMILES string of the molecule is COC(=O)c1ccc(NC(=O)CN(c2ccc(F)cc2)S(C)(=O)=O)cc1. The molecule has 0 bridgehead atoms. The highest BCUT2D eigenvalue weighted by molar-refractivity contribution is 7.92. The minimum Gasteiger partial charge on any atom is -0.465 e. The lowest BCUT2D eigenvalue weighted by Crippen LogP contribution is -2.37. The predicted molar refractivity (Wildman–Crippen MR) is 95.0 cm³/mol. The molecule has 0 fully saturated rings. The molecule has 26 heavy (non-hydrogen) atoms. The van der Waals surface area contributed by atoms with Crippen molar-refractivity contribution in [1.82, 2.24) is 0 Å². The average molecular weight is 380 g/mol. The molecule has 0 aromatic heterocycles. The first-order valence-corrected chi connectivity index (χ1v) is 9.27. The topological polar surface area (TPSA) is 92.8 Å². The van der Waals surface area contributed by atoms with Gasteiger partial charge < -0.3 is 10.1 Å². The number of ether oxygens (including phenoxy) is 1. The fraction of sp³-hybridized carbons (Fsp3) is 0.176. The van der Waals surface area contributed by atoms with E-state index in [1.54, 1.807) is 0 Å². The summed E-state index contributed by atoms with van der Waals surface area (Å²) in [5, 5.41) is 2.54. The van der Waals surface area contributed by atoms with E-state index in [0.29, 0.717) is 11.3 Å². The van der Waals surface area contributed by atoms with Gasteiger partial charge in [-0.15, -0.1) is 0 Å². The van der Waals surface area contributed by atoms with E-state index in [9.17, 15) is 22.4 Å². The van der Waals surface area contributed by atoms with E-state index in [1.807, 2.05) is 0 Å². The molecule has 0 spiro atoms. The molecule has 7 nitrogen and oxygen atoms in total. The number of benzene rings is 2. The first-order valence-electron chi connectivity index (χ1n) is 7.42. The van der Waals surface area contributed by atoms with Crippen LogP contribution in [0.4, 0.5) is 15.8 Å². The number of halogens is 1. The molecule has 2 rings (SSSR count). The highest BCUT2D eigenvalue weighted by atomic mass is 32.2. The number of sulfonamides is 1. The second-order valence-corrected chi connectivity index (χ2v) is 7.27. The van der Waals surface area contributed by atoms with Gasteiger partial charge in [-0.1, -0.05) is 0 Å². The molecule has 0 heterocycles. The number of nitrogens with zero attached hydrogens (tertiary/aromatic N) is 1. The molecule has 0 aliphatic rings. The number of hydrogen-bond acceptors (Lipinski definition) is 5. The summed E-state index contributed by atoms with van der Waals surface area (Å²) in [5.41, 5.74) is 0.870. The molecule has 2 aromatic carbocycles. The fourth-order valence-electron chi connectivity index (χ4n) is 2.15. The molecule has 0 saturated heterocycles. The van der Waals surface area contributed by atoms with Gasteiger partial charge in [-0.25, -0.2) is 17.6 Å². The van der Waals surface area contributed by atoms with Crippen LogP contribution in [0.15, 0.2) is 48.5 Å². The standard InChI is InChI=1S/C17H17FN2O5S/c1-25-17(22)12-3-7-14(8-4-12)19-16(21)11-20(26(2,23)24)15-9-5-13(18)6-10-15/h3-10H,11H2,1-2H3,(H,19,21). The second kappa shape index (κ2) is 7.96. The van der Waals surface area contributed by atoms with Gasteiger partial charge in [0.1, 0.15) is 12.4 Å². The van der Waals surface area contributed by atoms with Gasteiger partial charge in [0.15, 0.2) is 0 Å². The highest BCUT2D eigenvalue weighted by Crippen LogP contribution is 2.18. The number of hydrogen-bond donors (Lipinski definition) is 1. The molecule has 0 atom stereocenters. The van der Waals surface area contributed by atoms with Gasteiger partial charge in [0, 0.05) is 5.69 Å². The number of methoxy groups -OCH3 is 1. The largest absolute Gasteiger partial charge is 0.465 e.